The smallest absolute Gasteiger partial charge is 0.120 e. The van der Waals surface area contributed by atoms with Crippen molar-refractivity contribution >= 4 is 5.69 Å². The molecule has 1 aromatic carbocycles. The van der Waals surface area contributed by atoms with Gasteiger partial charge in [-0.05, 0) is 30.9 Å². The number of benzene rings is 1. The lowest BCUT2D eigenvalue weighted by molar-refractivity contribution is 0.392. The van der Waals surface area contributed by atoms with Crippen LogP contribution in [0.2, 0.25) is 0 Å². The minimum Gasteiger partial charge on any atom is -0.497 e. The van der Waals surface area contributed by atoms with E-state index in [0.717, 1.165) is 18.2 Å². The van der Waals surface area contributed by atoms with Crippen LogP contribution in [0.25, 0.3) is 0 Å². The first-order valence-corrected chi connectivity index (χ1v) is 7.26. The van der Waals surface area contributed by atoms with Gasteiger partial charge in [-0.15, -0.1) is 0 Å². The molecule has 2 rings (SSSR count). The summed E-state index contributed by atoms with van der Waals surface area (Å²) in [5, 5.41) is 3.56. The summed E-state index contributed by atoms with van der Waals surface area (Å²) in [7, 11) is 1.72. The van der Waals surface area contributed by atoms with Gasteiger partial charge in [0, 0.05) is 18.3 Å². The second-order valence-electron chi connectivity index (χ2n) is 5.32. The lowest BCUT2D eigenvalue weighted by atomic mass is 9.91. The quantitative estimate of drug-likeness (QED) is 0.847. The summed E-state index contributed by atoms with van der Waals surface area (Å²) in [5.41, 5.74) is 1.18. The maximum atomic E-state index is 5.24. The van der Waals surface area contributed by atoms with Gasteiger partial charge in [0.2, 0.25) is 0 Å². The molecule has 0 atom stereocenters. The first-order chi connectivity index (χ1) is 8.88. The molecule has 0 aliphatic heterocycles. The van der Waals surface area contributed by atoms with Crippen molar-refractivity contribution in [1.82, 2.24) is 0 Å². The molecular formula is C16H25NO. The zero-order valence-corrected chi connectivity index (χ0v) is 11.5. The second-order valence-corrected chi connectivity index (χ2v) is 5.32. The van der Waals surface area contributed by atoms with E-state index in [0.29, 0.717) is 0 Å². The molecule has 2 heteroatoms. The van der Waals surface area contributed by atoms with Crippen LogP contribution in [0.3, 0.4) is 0 Å². The highest BCUT2D eigenvalue weighted by molar-refractivity contribution is 5.48. The molecule has 1 aliphatic carbocycles. The molecule has 1 saturated carbocycles. The highest BCUT2D eigenvalue weighted by atomic mass is 16.5. The van der Waals surface area contributed by atoms with Gasteiger partial charge < -0.3 is 10.1 Å². The van der Waals surface area contributed by atoms with E-state index in [1.165, 1.54) is 50.6 Å². The third-order valence-corrected chi connectivity index (χ3v) is 3.89. The Hall–Kier alpha value is -1.18. The minimum absolute atomic E-state index is 0.844. The normalized spacial score (nSPS) is 17.8. The predicted octanol–water partition coefficient (Wildman–Crippen LogP) is 4.47. The lowest BCUT2D eigenvalue weighted by Gasteiger charge is -2.20. The zero-order chi connectivity index (χ0) is 12.6. The summed E-state index contributed by atoms with van der Waals surface area (Å²) in [6, 6.07) is 8.22. The molecule has 100 valence electrons. The van der Waals surface area contributed by atoms with Gasteiger partial charge in [0.1, 0.15) is 5.75 Å². The van der Waals surface area contributed by atoms with Crippen molar-refractivity contribution < 1.29 is 4.74 Å². The molecule has 0 unspecified atom stereocenters. The van der Waals surface area contributed by atoms with Gasteiger partial charge in [-0.3, -0.25) is 0 Å². The van der Waals surface area contributed by atoms with Gasteiger partial charge in [-0.1, -0.05) is 38.2 Å². The first kappa shape index (κ1) is 13.3. The summed E-state index contributed by atoms with van der Waals surface area (Å²) < 4.78 is 5.24. The van der Waals surface area contributed by atoms with Crippen molar-refractivity contribution in [3.8, 4) is 5.75 Å². The Labute approximate surface area is 111 Å². The van der Waals surface area contributed by atoms with Gasteiger partial charge in [0.25, 0.3) is 0 Å². The van der Waals surface area contributed by atoms with E-state index >= 15 is 0 Å². The molecule has 0 saturated heterocycles. The van der Waals surface area contributed by atoms with Crippen LogP contribution < -0.4 is 10.1 Å². The summed E-state index contributed by atoms with van der Waals surface area (Å²) in [6.07, 6.45) is 9.88. The van der Waals surface area contributed by atoms with E-state index in [1.54, 1.807) is 7.11 Å². The van der Waals surface area contributed by atoms with Crippen LogP contribution in [0.5, 0.6) is 5.75 Å². The maximum Gasteiger partial charge on any atom is 0.120 e. The third-order valence-electron chi connectivity index (χ3n) is 3.89. The number of hydrogen-bond donors (Lipinski definition) is 1. The van der Waals surface area contributed by atoms with Crippen LogP contribution in [0, 0.1) is 5.92 Å². The topological polar surface area (TPSA) is 21.3 Å². The number of anilines is 1. The van der Waals surface area contributed by atoms with Crippen LogP contribution in [-0.2, 0) is 0 Å². The van der Waals surface area contributed by atoms with Crippen LogP contribution in [-0.4, -0.2) is 13.7 Å². The SMILES string of the molecule is COc1cccc(NCC2CCCCCCC2)c1. The molecule has 2 nitrogen and oxygen atoms in total. The van der Waals surface area contributed by atoms with Gasteiger partial charge in [0.05, 0.1) is 7.11 Å². The Morgan fingerprint density at radius 3 is 2.56 bits per heavy atom. The largest absolute Gasteiger partial charge is 0.497 e. The summed E-state index contributed by atoms with van der Waals surface area (Å²) in [6.45, 7) is 1.10. The van der Waals surface area contributed by atoms with Gasteiger partial charge >= 0.3 is 0 Å². The molecule has 1 fully saturated rings. The van der Waals surface area contributed by atoms with Gasteiger partial charge in [-0.2, -0.15) is 0 Å². The Morgan fingerprint density at radius 2 is 1.83 bits per heavy atom. The van der Waals surface area contributed by atoms with Crippen molar-refractivity contribution in [2.24, 2.45) is 5.92 Å². The number of methoxy groups -OCH3 is 1. The van der Waals surface area contributed by atoms with Crippen molar-refractivity contribution in [1.29, 1.82) is 0 Å². The molecule has 0 radical (unpaired) electrons. The van der Waals surface area contributed by atoms with E-state index in [2.05, 4.69) is 17.4 Å². The highest BCUT2D eigenvalue weighted by Crippen LogP contribution is 2.23. The second kappa shape index (κ2) is 7.30. The zero-order valence-electron chi connectivity index (χ0n) is 11.5. The van der Waals surface area contributed by atoms with E-state index in [1.807, 2.05) is 12.1 Å². The predicted molar refractivity (Wildman–Crippen MR) is 77.3 cm³/mol. The Balaban J connectivity index is 1.81. The van der Waals surface area contributed by atoms with Crippen LogP contribution >= 0.6 is 0 Å². The van der Waals surface area contributed by atoms with Crippen molar-refractivity contribution in [3.05, 3.63) is 24.3 Å². The van der Waals surface area contributed by atoms with Crippen molar-refractivity contribution in [3.63, 3.8) is 0 Å². The maximum absolute atomic E-state index is 5.24. The van der Waals surface area contributed by atoms with Gasteiger partial charge in [-0.25, -0.2) is 0 Å². The average molecular weight is 247 g/mol. The molecule has 0 amide bonds. The van der Waals surface area contributed by atoms with Crippen molar-refractivity contribution in [2.75, 3.05) is 19.0 Å². The fourth-order valence-corrected chi connectivity index (χ4v) is 2.74. The molecule has 0 bridgehead atoms. The van der Waals surface area contributed by atoms with E-state index in [4.69, 9.17) is 4.74 Å². The van der Waals surface area contributed by atoms with E-state index in [-0.39, 0.29) is 0 Å². The fourth-order valence-electron chi connectivity index (χ4n) is 2.74. The molecule has 0 spiro atoms. The highest BCUT2D eigenvalue weighted by Gasteiger charge is 2.11. The fraction of sp³-hybridized carbons (Fsp3) is 0.625. The minimum atomic E-state index is 0.844. The molecule has 0 heterocycles. The van der Waals surface area contributed by atoms with Gasteiger partial charge in [0.15, 0.2) is 0 Å². The average Bonchev–Trinajstić information content (AvgIpc) is 2.38. The Bertz CT molecular complexity index is 343. The summed E-state index contributed by atoms with van der Waals surface area (Å²) in [5.74, 6) is 1.77. The van der Waals surface area contributed by atoms with Crippen LogP contribution in [0.4, 0.5) is 5.69 Å². The van der Waals surface area contributed by atoms with Crippen LogP contribution in [0.15, 0.2) is 24.3 Å². The first-order valence-electron chi connectivity index (χ1n) is 7.26. The molecular weight excluding hydrogens is 222 g/mol. The van der Waals surface area contributed by atoms with E-state index < -0.39 is 0 Å². The number of rotatable bonds is 4. The molecule has 1 aromatic rings. The lowest BCUT2D eigenvalue weighted by Crippen LogP contribution is -2.15. The Morgan fingerprint density at radius 1 is 1.11 bits per heavy atom. The number of nitrogens with one attached hydrogen (secondary N) is 1. The van der Waals surface area contributed by atoms with E-state index in [9.17, 15) is 0 Å². The summed E-state index contributed by atoms with van der Waals surface area (Å²) in [4.78, 5) is 0. The molecule has 18 heavy (non-hydrogen) atoms. The molecule has 1 aliphatic rings. The monoisotopic (exact) mass is 247 g/mol. The number of hydrogen-bond acceptors (Lipinski definition) is 2. The van der Waals surface area contributed by atoms with Crippen LogP contribution in [0.1, 0.15) is 44.9 Å². The standard InChI is InChI=1S/C16H25NO/c1-18-16-11-7-10-15(12-16)17-13-14-8-5-3-2-4-6-9-14/h7,10-12,14,17H,2-6,8-9,13H2,1H3. The number of ether oxygens (including phenoxy) is 1. The van der Waals surface area contributed by atoms with Crippen molar-refractivity contribution in [2.45, 2.75) is 44.9 Å². The molecule has 0 aromatic heterocycles. The third kappa shape index (κ3) is 4.25. The molecule has 1 N–H and O–H groups in total. The summed E-state index contributed by atoms with van der Waals surface area (Å²) >= 11 is 0. The Kier molecular flexibility index (Phi) is 5.37.